The van der Waals surface area contributed by atoms with Crippen molar-refractivity contribution in [1.29, 1.82) is 0 Å². The molecule has 1 unspecified atom stereocenters. The van der Waals surface area contributed by atoms with E-state index in [9.17, 15) is 9.59 Å². The van der Waals surface area contributed by atoms with Crippen molar-refractivity contribution in [1.82, 2.24) is 25.4 Å². The van der Waals surface area contributed by atoms with Crippen LogP contribution in [0.3, 0.4) is 0 Å². The molecule has 2 aliphatic rings. The third-order valence-electron chi connectivity index (χ3n) is 8.18. The van der Waals surface area contributed by atoms with Crippen molar-refractivity contribution >= 4 is 35.6 Å². The predicted molar refractivity (Wildman–Crippen MR) is 156 cm³/mol. The Morgan fingerprint density at radius 1 is 1.24 bits per heavy atom. The van der Waals surface area contributed by atoms with E-state index in [0.717, 1.165) is 42.7 Å². The van der Waals surface area contributed by atoms with Crippen molar-refractivity contribution in [3.8, 4) is 0 Å². The van der Waals surface area contributed by atoms with Crippen molar-refractivity contribution < 1.29 is 18.8 Å². The molecule has 0 spiro atoms. The molecule has 2 heterocycles. The number of hydroxylamine groups is 2. The second-order valence-electron chi connectivity index (χ2n) is 11.9. The van der Waals surface area contributed by atoms with E-state index in [0.29, 0.717) is 25.3 Å². The van der Waals surface area contributed by atoms with Gasteiger partial charge in [0.15, 0.2) is 11.6 Å². The van der Waals surface area contributed by atoms with Gasteiger partial charge in [0.05, 0.1) is 12.5 Å². The number of carbonyl (C=O) groups excluding carboxylic acids is 2. The fraction of sp³-hybridized carbons (Fsp3) is 0.586. The second kappa shape index (κ2) is 13.8. The maximum atomic E-state index is 15.8. The largest absolute Gasteiger partial charge is 0.347 e. The van der Waals surface area contributed by atoms with Gasteiger partial charge in [-0.15, -0.1) is 0 Å². The minimum Gasteiger partial charge on any atom is -0.347 e. The first-order chi connectivity index (χ1) is 19.6. The van der Waals surface area contributed by atoms with Gasteiger partial charge in [-0.2, -0.15) is 14.4 Å². The zero-order chi connectivity index (χ0) is 29.6. The molecule has 224 valence electrons. The van der Waals surface area contributed by atoms with Crippen molar-refractivity contribution in [3.05, 3.63) is 47.0 Å². The average molecular weight is 590 g/mol. The number of hydrazine groups is 1. The number of anilines is 2. The summed E-state index contributed by atoms with van der Waals surface area (Å²) in [6.07, 6.45) is 6.29. The molecule has 1 aliphatic carbocycles. The van der Waals surface area contributed by atoms with Gasteiger partial charge in [-0.3, -0.25) is 25.3 Å². The van der Waals surface area contributed by atoms with Crippen LogP contribution in [0.2, 0.25) is 5.28 Å². The molecule has 1 aliphatic heterocycles. The molecule has 0 bridgehead atoms. The summed E-state index contributed by atoms with van der Waals surface area (Å²) < 4.78 is 15.8. The Labute approximate surface area is 246 Å². The number of hydrogen-bond acceptors (Lipinski definition) is 8. The van der Waals surface area contributed by atoms with E-state index in [1.165, 1.54) is 0 Å². The quantitative estimate of drug-likeness (QED) is 0.201. The first-order valence-corrected chi connectivity index (χ1v) is 14.6. The smallest absolute Gasteiger partial charge is 0.243 e. The molecule has 2 N–H and O–H groups in total. The molecule has 1 saturated carbocycles. The van der Waals surface area contributed by atoms with Crippen molar-refractivity contribution in [2.24, 2.45) is 11.8 Å². The molecule has 1 aromatic carbocycles. The van der Waals surface area contributed by atoms with Crippen LogP contribution in [0, 0.1) is 17.7 Å². The number of likely N-dealkylation sites (N-methyl/N-ethyl adjacent to an activating group) is 1. The molecule has 10 nitrogen and oxygen atoms in total. The second-order valence-corrected chi connectivity index (χ2v) is 12.2. The maximum Gasteiger partial charge on any atom is 0.243 e. The van der Waals surface area contributed by atoms with Gasteiger partial charge in [-0.25, -0.2) is 5.06 Å². The number of benzene rings is 1. The number of nitrogens with zero attached hydrogens (tertiary/aromatic N) is 5. The van der Waals surface area contributed by atoms with Crippen LogP contribution in [0.15, 0.2) is 30.3 Å². The van der Waals surface area contributed by atoms with E-state index in [-0.39, 0.29) is 41.7 Å². The Bertz CT molecular complexity index is 1180. The summed E-state index contributed by atoms with van der Waals surface area (Å²) in [6, 6.07) is 9.70. The zero-order valence-corrected chi connectivity index (χ0v) is 25.0. The Kier molecular flexibility index (Phi) is 10.4. The van der Waals surface area contributed by atoms with Crippen LogP contribution in [0.1, 0.15) is 57.9 Å². The van der Waals surface area contributed by atoms with Gasteiger partial charge in [-0.1, -0.05) is 56.0 Å². The Hall–Kier alpha value is -3.02. The van der Waals surface area contributed by atoms with E-state index in [4.69, 9.17) is 16.4 Å². The lowest BCUT2D eigenvalue weighted by atomic mass is 9.92. The number of nitrogens with one attached hydrogen (secondary N) is 2. The Balaban J connectivity index is 1.46. The average Bonchev–Trinajstić information content (AvgIpc) is 3.57. The lowest BCUT2D eigenvalue weighted by Crippen LogP contribution is -2.42. The van der Waals surface area contributed by atoms with Gasteiger partial charge in [-0.05, 0) is 63.9 Å². The molecule has 1 aromatic heterocycles. The summed E-state index contributed by atoms with van der Waals surface area (Å²) in [5.74, 6) is -1.44. The molecule has 2 fully saturated rings. The normalized spacial score (nSPS) is 19.4. The minimum atomic E-state index is -0.699. The van der Waals surface area contributed by atoms with E-state index in [1.807, 2.05) is 63.2 Å². The van der Waals surface area contributed by atoms with Gasteiger partial charge in [0.25, 0.3) is 0 Å². The molecule has 2 atom stereocenters. The number of amides is 2. The Morgan fingerprint density at radius 3 is 2.59 bits per heavy atom. The standard InChI is InChI=1S/C29H41ClFN7O3/c1-29(2)15-23(36(3)4)17-38(29)26-24(31)25(32-28(30)33-26)34-35-27(40)22(14-20-10-8-9-11-20)16-37(19-39)41-18-21-12-6-5-7-13-21/h5-7,12-13,19-20,22-23H,8-11,14-18H2,1-4H3,(H,35,40)(H,32,33,34)/t22-,23?/m0/s1. The molecule has 2 aromatic rings. The molecule has 0 radical (unpaired) electrons. The minimum absolute atomic E-state index is 0.0620. The predicted octanol–water partition coefficient (Wildman–Crippen LogP) is 4.42. The van der Waals surface area contributed by atoms with Crippen LogP contribution in [0.4, 0.5) is 16.0 Å². The fourth-order valence-corrected chi connectivity index (χ4v) is 5.97. The highest BCUT2D eigenvalue weighted by Crippen LogP contribution is 2.37. The molecule has 4 rings (SSSR count). The number of aromatic nitrogens is 2. The summed E-state index contributed by atoms with van der Waals surface area (Å²) in [6.45, 7) is 4.90. The first kappa shape index (κ1) is 30.9. The number of rotatable bonds is 13. The van der Waals surface area contributed by atoms with E-state index >= 15 is 4.39 Å². The highest BCUT2D eigenvalue weighted by molar-refractivity contribution is 6.28. The van der Waals surface area contributed by atoms with Gasteiger partial charge >= 0.3 is 0 Å². The SMILES string of the molecule is CN(C)C1CN(c2nc(Cl)nc(NNC(=O)[C@@H](CC3CCCC3)CN(C=O)OCc3ccccc3)c2F)C(C)(C)C1. The summed E-state index contributed by atoms with van der Waals surface area (Å²) in [7, 11) is 3.99. The van der Waals surface area contributed by atoms with E-state index < -0.39 is 17.6 Å². The molecule has 12 heteroatoms. The highest BCUT2D eigenvalue weighted by atomic mass is 35.5. The van der Waals surface area contributed by atoms with Crippen LogP contribution < -0.4 is 15.8 Å². The van der Waals surface area contributed by atoms with E-state index in [2.05, 4.69) is 25.7 Å². The maximum absolute atomic E-state index is 15.8. The zero-order valence-electron chi connectivity index (χ0n) is 24.3. The lowest BCUT2D eigenvalue weighted by molar-refractivity contribution is -0.182. The van der Waals surface area contributed by atoms with Crippen LogP contribution >= 0.6 is 11.6 Å². The van der Waals surface area contributed by atoms with Crippen molar-refractivity contribution in [2.75, 3.05) is 37.5 Å². The lowest BCUT2D eigenvalue weighted by Gasteiger charge is -2.32. The summed E-state index contributed by atoms with van der Waals surface area (Å²) in [5.41, 5.74) is 5.79. The summed E-state index contributed by atoms with van der Waals surface area (Å²) >= 11 is 6.22. The van der Waals surface area contributed by atoms with Crippen molar-refractivity contribution in [3.63, 3.8) is 0 Å². The molecular weight excluding hydrogens is 549 g/mol. The fourth-order valence-electron chi connectivity index (χ4n) is 5.81. The first-order valence-electron chi connectivity index (χ1n) is 14.2. The number of hydrogen-bond donors (Lipinski definition) is 2. The van der Waals surface area contributed by atoms with Gasteiger partial charge in [0.1, 0.15) is 6.61 Å². The topological polar surface area (TPSA) is 103 Å². The summed E-state index contributed by atoms with van der Waals surface area (Å²) in [5, 5.41) is 1.02. The molecule has 1 saturated heterocycles. The number of carbonyl (C=O) groups is 2. The van der Waals surface area contributed by atoms with E-state index in [1.54, 1.807) is 0 Å². The van der Waals surface area contributed by atoms with Crippen LogP contribution in [-0.4, -0.2) is 71.0 Å². The van der Waals surface area contributed by atoms with Gasteiger partial charge in [0.2, 0.25) is 23.4 Å². The highest BCUT2D eigenvalue weighted by Gasteiger charge is 2.42. The van der Waals surface area contributed by atoms with Gasteiger partial charge < -0.3 is 9.80 Å². The monoisotopic (exact) mass is 589 g/mol. The van der Waals surface area contributed by atoms with Crippen LogP contribution in [0.25, 0.3) is 0 Å². The van der Waals surface area contributed by atoms with Crippen LogP contribution in [0.5, 0.6) is 0 Å². The van der Waals surface area contributed by atoms with Gasteiger partial charge in [0, 0.05) is 18.1 Å². The van der Waals surface area contributed by atoms with Crippen LogP contribution in [-0.2, 0) is 21.0 Å². The third kappa shape index (κ3) is 8.05. The molecular formula is C29H41ClFN7O3. The number of halogens is 2. The van der Waals surface area contributed by atoms with Crippen molar-refractivity contribution in [2.45, 2.75) is 70.6 Å². The Morgan fingerprint density at radius 2 is 1.95 bits per heavy atom. The summed E-state index contributed by atoms with van der Waals surface area (Å²) in [4.78, 5) is 43.1. The molecule has 41 heavy (non-hydrogen) atoms. The molecule has 2 amide bonds. The third-order valence-corrected chi connectivity index (χ3v) is 8.35.